The minimum Gasteiger partial charge on any atom is -0.393 e. The van der Waals surface area contributed by atoms with E-state index in [9.17, 15) is 5.11 Å². The zero-order valence-electron chi connectivity index (χ0n) is 12.8. The van der Waals surface area contributed by atoms with E-state index in [2.05, 4.69) is 17.0 Å². The minimum atomic E-state index is -0.286. The number of hydrogen-bond acceptors (Lipinski definition) is 3. The van der Waals surface area contributed by atoms with Gasteiger partial charge < -0.3 is 9.67 Å². The Balaban J connectivity index is 1.83. The number of aliphatic hydroxyl groups excluding tert-OH is 1. The van der Waals surface area contributed by atoms with Crippen LogP contribution in [0.25, 0.3) is 0 Å². The standard InChI is InChI=1S/C15H24N4O/c1-11-14(12(2)19(4)17-11)7-5-13(20)6-8-15-16-9-10-18(15)3/h9-10,13,20H,5-8H2,1-4H3. The molecule has 2 rings (SSSR count). The van der Waals surface area contributed by atoms with Gasteiger partial charge in [0.25, 0.3) is 0 Å². The maximum atomic E-state index is 10.1. The third-order valence-electron chi connectivity index (χ3n) is 4.01. The molecule has 1 N–H and O–H groups in total. The molecular formula is C15H24N4O. The largest absolute Gasteiger partial charge is 0.393 e. The number of rotatable bonds is 6. The van der Waals surface area contributed by atoms with Gasteiger partial charge in [0.15, 0.2) is 0 Å². The van der Waals surface area contributed by atoms with Crippen molar-refractivity contribution in [3.63, 3.8) is 0 Å². The van der Waals surface area contributed by atoms with Gasteiger partial charge in [-0.25, -0.2) is 4.98 Å². The molecule has 5 heteroatoms. The molecule has 0 saturated carbocycles. The van der Waals surface area contributed by atoms with Crippen LogP contribution in [0.5, 0.6) is 0 Å². The van der Waals surface area contributed by atoms with Gasteiger partial charge in [-0.1, -0.05) is 0 Å². The number of aromatic nitrogens is 4. The van der Waals surface area contributed by atoms with Crippen LogP contribution in [0.3, 0.4) is 0 Å². The summed E-state index contributed by atoms with van der Waals surface area (Å²) in [5, 5.41) is 14.5. The average molecular weight is 276 g/mol. The number of aliphatic hydroxyl groups is 1. The van der Waals surface area contributed by atoms with Crippen LogP contribution in [-0.4, -0.2) is 30.5 Å². The van der Waals surface area contributed by atoms with Crippen LogP contribution in [0.15, 0.2) is 12.4 Å². The molecule has 0 radical (unpaired) electrons. The van der Waals surface area contributed by atoms with Gasteiger partial charge in [-0.15, -0.1) is 0 Å². The summed E-state index contributed by atoms with van der Waals surface area (Å²) in [6.07, 6.45) is 6.67. The fourth-order valence-corrected chi connectivity index (χ4v) is 2.57. The fourth-order valence-electron chi connectivity index (χ4n) is 2.57. The third-order valence-corrected chi connectivity index (χ3v) is 4.01. The van der Waals surface area contributed by atoms with Crippen LogP contribution in [0.1, 0.15) is 35.6 Å². The van der Waals surface area contributed by atoms with Gasteiger partial charge in [0.05, 0.1) is 11.8 Å². The second kappa shape index (κ2) is 6.22. The Labute approximate surface area is 120 Å². The predicted octanol–water partition coefficient (Wildman–Crippen LogP) is 1.70. The van der Waals surface area contributed by atoms with Crippen molar-refractivity contribution in [3.8, 4) is 0 Å². The molecule has 1 atom stereocenters. The maximum Gasteiger partial charge on any atom is 0.108 e. The molecule has 0 saturated heterocycles. The summed E-state index contributed by atoms with van der Waals surface area (Å²) >= 11 is 0. The van der Waals surface area contributed by atoms with Crippen molar-refractivity contribution in [2.45, 2.75) is 45.6 Å². The van der Waals surface area contributed by atoms with Gasteiger partial charge in [-0.2, -0.15) is 5.10 Å². The van der Waals surface area contributed by atoms with E-state index in [1.165, 1.54) is 11.3 Å². The van der Waals surface area contributed by atoms with Gasteiger partial charge in [-0.3, -0.25) is 4.68 Å². The van der Waals surface area contributed by atoms with Crippen LogP contribution in [0, 0.1) is 13.8 Å². The summed E-state index contributed by atoms with van der Waals surface area (Å²) in [5.74, 6) is 1.03. The molecule has 0 aromatic carbocycles. The van der Waals surface area contributed by atoms with Crippen molar-refractivity contribution < 1.29 is 5.11 Å². The molecule has 0 aliphatic carbocycles. The van der Waals surface area contributed by atoms with Crippen LogP contribution < -0.4 is 0 Å². The molecule has 0 spiro atoms. The molecule has 0 fully saturated rings. The van der Waals surface area contributed by atoms with Crippen molar-refractivity contribution in [3.05, 3.63) is 35.2 Å². The van der Waals surface area contributed by atoms with E-state index in [0.29, 0.717) is 0 Å². The first-order chi connectivity index (χ1) is 9.49. The lowest BCUT2D eigenvalue weighted by Crippen LogP contribution is -2.11. The van der Waals surface area contributed by atoms with E-state index in [0.717, 1.165) is 37.2 Å². The predicted molar refractivity (Wildman–Crippen MR) is 78.5 cm³/mol. The lowest BCUT2D eigenvalue weighted by Gasteiger charge is -2.10. The van der Waals surface area contributed by atoms with Crippen molar-refractivity contribution in [2.75, 3.05) is 0 Å². The third kappa shape index (κ3) is 3.28. The Kier molecular flexibility index (Phi) is 4.60. The molecular weight excluding hydrogens is 252 g/mol. The number of nitrogens with zero attached hydrogens (tertiary/aromatic N) is 4. The molecule has 1 unspecified atom stereocenters. The summed E-state index contributed by atoms with van der Waals surface area (Å²) in [5.41, 5.74) is 3.53. The number of hydrogen-bond donors (Lipinski definition) is 1. The second-order valence-electron chi connectivity index (χ2n) is 5.46. The van der Waals surface area contributed by atoms with E-state index < -0.39 is 0 Å². The molecule has 0 bridgehead atoms. The van der Waals surface area contributed by atoms with Gasteiger partial charge in [0.2, 0.25) is 0 Å². The summed E-state index contributed by atoms with van der Waals surface area (Å²) in [6, 6.07) is 0. The van der Waals surface area contributed by atoms with Crippen LogP contribution >= 0.6 is 0 Å². The maximum absolute atomic E-state index is 10.1. The highest BCUT2D eigenvalue weighted by atomic mass is 16.3. The zero-order chi connectivity index (χ0) is 14.7. The summed E-state index contributed by atoms with van der Waals surface area (Å²) < 4.78 is 3.91. The van der Waals surface area contributed by atoms with Gasteiger partial charge >= 0.3 is 0 Å². The molecule has 0 aliphatic rings. The lowest BCUT2D eigenvalue weighted by atomic mass is 10.0. The van der Waals surface area contributed by atoms with Crippen molar-refractivity contribution in [2.24, 2.45) is 14.1 Å². The molecule has 2 aromatic rings. The van der Waals surface area contributed by atoms with Crippen molar-refractivity contribution in [1.82, 2.24) is 19.3 Å². The fraction of sp³-hybridized carbons (Fsp3) is 0.600. The number of aryl methyl sites for hydroxylation is 4. The first-order valence-electron chi connectivity index (χ1n) is 7.12. The Morgan fingerprint density at radius 3 is 2.45 bits per heavy atom. The van der Waals surface area contributed by atoms with E-state index in [1.807, 2.05) is 36.5 Å². The second-order valence-corrected chi connectivity index (χ2v) is 5.46. The summed E-state index contributed by atoms with van der Waals surface area (Å²) in [7, 11) is 3.94. The molecule has 110 valence electrons. The Morgan fingerprint density at radius 1 is 1.20 bits per heavy atom. The Hall–Kier alpha value is -1.62. The van der Waals surface area contributed by atoms with Gasteiger partial charge in [0, 0.05) is 38.6 Å². The summed E-state index contributed by atoms with van der Waals surface area (Å²) in [4.78, 5) is 4.28. The van der Waals surface area contributed by atoms with Crippen LogP contribution in [0.4, 0.5) is 0 Å². The SMILES string of the molecule is Cc1nn(C)c(C)c1CCC(O)CCc1nccn1C. The molecule has 2 heterocycles. The molecule has 20 heavy (non-hydrogen) atoms. The molecule has 0 amide bonds. The smallest absolute Gasteiger partial charge is 0.108 e. The van der Waals surface area contributed by atoms with Crippen molar-refractivity contribution >= 4 is 0 Å². The highest BCUT2D eigenvalue weighted by Crippen LogP contribution is 2.16. The molecule has 5 nitrogen and oxygen atoms in total. The van der Waals surface area contributed by atoms with E-state index in [1.54, 1.807) is 6.20 Å². The molecule has 2 aromatic heterocycles. The lowest BCUT2D eigenvalue weighted by molar-refractivity contribution is 0.154. The van der Waals surface area contributed by atoms with Gasteiger partial charge in [0.1, 0.15) is 5.82 Å². The summed E-state index contributed by atoms with van der Waals surface area (Å²) in [6.45, 7) is 4.11. The van der Waals surface area contributed by atoms with Crippen molar-refractivity contribution in [1.29, 1.82) is 0 Å². The monoisotopic (exact) mass is 276 g/mol. The zero-order valence-corrected chi connectivity index (χ0v) is 12.8. The quantitative estimate of drug-likeness (QED) is 0.873. The van der Waals surface area contributed by atoms with Crippen LogP contribution in [0.2, 0.25) is 0 Å². The number of imidazole rings is 1. The Bertz CT molecular complexity index is 570. The first kappa shape index (κ1) is 14.8. The van der Waals surface area contributed by atoms with E-state index in [4.69, 9.17) is 0 Å². The molecule has 0 aliphatic heterocycles. The topological polar surface area (TPSA) is 55.9 Å². The minimum absolute atomic E-state index is 0.286. The van der Waals surface area contributed by atoms with E-state index >= 15 is 0 Å². The average Bonchev–Trinajstić information content (AvgIpc) is 2.91. The van der Waals surface area contributed by atoms with Crippen LogP contribution in [-0.2, 0) is 26.9 Å². The van der Waals surface area contributed by atoms with E-state index in [-0.39, 0.29) is 6.10 Å². The first-order valence-corrected chi connectivity index (χ1v) is 7.12. The Morgan fingerprint density at radius 2 is 1.90 bits per heavy atom. The van der Waals surface area contributed by atoms with Gasteiger partial charge in [-0.05, 0) is 38.7 Å². The normalized spacial score (nSPS) is 12.8. The highest BCUT2D eigenvalue weighted by molar-refractivity contribution is 5.24. The highest BCUT2D eigenvalue weighted by Gasteiger charge is 2.12.